The summed E-state index contributed by atoms with van der Waals surface area (Å²) in [4.78, 5) is 12.4. The van der Waals surface area contributed by atoms with Crippen LogP contribution in [0.3, 0.4) is 0 Å². The Balaban J connectivity index is 1.62. The third-order valence-corrected chi connectivity index (χ3v) is 4.47. The highest BCUT2D eigenvalue weighted by Gasteiger charge is 2.53. The molecule has 0 bridgehead atoms. The van der Waals surface area contributed by atoms with Crippen LogP contribution >= 0.6 is 0 Å². The monoisotopic (exact) mass is 271 g/mol. The highest BCUT2D eigenvalue weighted by Crippen LogP contribution is 2.53. The third-order valence-electron chi connectivity index (χ3n) is 4.47. The van der Waals surface area contributed by atoms with Crippen molar-refractivity contribution < 1.29 is 9.53 Å². The van der Waals surface area contributed by atoms with Gasteiger partial charge in [-0.2, -0.15) is 0 Å². The van der Waals surface area contributed by atoms with Crippen LogP contribution in [0.5, 0.6) is 5.75 Å². The van der Waals surface area contributed by atoms with Gasteiger partial charge >= 0.3 is 0 Å². The maximum absolute atomic E-state index is 12.4. The minimum Gasteiger partial charge on any atom is -0.497 e. The molecule has 1 N–H and O–H groups in total. The van der Waals surface area contributed by atoms with Crippen molar-refractivity contribution in [3.05, 3.63) is 36.4 Å². The predicted molar refractivity (Wildman–Crippen MR) is 79.7 cm³/mol. The van der Waals surface area contributed by atoms with Crippen molar-refractivity contribution in [2.24, 2.45) is 17.8 Å². The van der Waals surface area contributed by atoms with Gasteiger partial charge in [0.1, 0.15) is 5.75 Å². The van der Waals surface area contributed by atoms with E-state index >= 15 is 0 Å². The first-order chi connectivity index (χ1) is 9.79. The summed E-state index contributed by atoms with van der Waals surface area (Å²) in [6.07, 6.45) is 9.04. The second kappa shape index (κ2) is 5.70. The van der Waals surface area contributed by atoms with E-state index in [-0.39, 0.29) is 11.8 Å². The molecule has 0 aliphatic heterocycles. The van der Waals surface area contributed by atoms with Crippen molar-refractivity contribution in [3.63, 3.8) is 0 Å². The molecule has 1 fully saturated rings. The molecule has 20 heavy (non-hydrogen) atoms. The standard InChI is InChI=1S/C17H21NO2/c1-20-13-8-6-7-12(11-13)18-17(19)16-14-9-4-2-3-5-10-15(14)16/h2-3,6-8,11,14-16H,4-5,9-10H2,1H3,(H,18,19). The molecule has 0 aromatic heterocycles. The van der Waals surface area contributed by atoms with Crippen LogP contribution in [-0.4, -0.2) is 13.0 Å². The number of carbonyl (C=O) groups excluding carboxylic acids is 1. The molecule has 2 aliphatic carbocycles. The Morgan fingerprint density at radius 2 is 1.90 bits per heavy atom. The Morgan fingerprint density at radius 1 is 1.20 bits per heavy atom. The third kappa shape index (κ3) is 2.72. The molecule has 1 aromatic carbocycles. The lowest BCUT2D eigenvalue weighted by atomic mass is 10.1. The molecule has 3 heteroatoms. The molecule has 0 radical (unpaired) electrons. The average molecular weight is 271 g/mol. The van der Waals surface area contributed by atoms with Gasteiger partial charge in [0.15, 0.2) is 0 Å². The molecule has 2 aliphatic rings. The summed E-state index contributed by atoms with van der Waals surface area (Å²) < 4.78 is 5.18. The fourth-order valence-electron chi connectivity index (χ4n) is 3.36. The van der Waals surface area contributed by atoms with Gasteiger partial charge in [-0.25, -0.2) is 0 Å². The molecule has 1 saturated carbocycles. The van der Waals surface area contributed by atoms with Gasteiger partial charge < -0.3 is 10.1 Å². The number of amides is 1. The lowest BCUT2D eigenvalue weighted by Crippen LogP contribution is -2.15. The van der Waals surface area contributed by atoms with Crippen LogP contribution < -0.4 is 10.1 Å². The topological polar surface area (TPSA) is 38.3 Å². The number of nitrogens with one attached hydrogen (secondary N) is 1. The van der Waals surface area contributed by atoms with E-state index in [2.05, 4.69) is 17.5 Å². The van der Waals surface area contributed by atoms with Gasteiger partial charge in [0.25, 0.3) is 0 Å². The summed E-state index contributed by atoms with van der Waals surface area (Å²) in [6, 6.07) is 7.55. The van der Waals surface area contributed by atoms with Crippen molar-refractivity contribution >= 4 is 11.6 Å². The molecule has 2 unspecified atom stereocenters. The lowest BCUT2D eigenvalue weighted by Gasteiger charge is -2.06. The normalized spacial score (nSPS) is 27.9. The van der Waals surface area contributed by atoms with Crippen molar-refractivity contribution in [1.29, 1.82) is 0 Å². The Hall–Kier alpha value is -1.77. The van der Waals surface area contributed by atoms with Crippen LogP contribution in [0.1, 0.15) is 25.7 Å². The average Bonchev–Trinajstić information content (AvgIpc) is 3.10. The highest BCUT2D eigenvalue weighted by atomic mass is 16.5. The van der Waals surface area contributed by atoms with E-state index in [1.165, 1.54) is 0 Å². The summed E-state index contributed by atoms with van der Waals surface area (Å²) in [5.74, 6) is 2.33. The highest BCUT2D eigenvalue weighted by molar-refractivity contribution is 5.95. The molecule has 1 amide bonds. The Bertz CT molecular complexity index is 507. The number of rotatable bonds is 3. The van der Waals surface area contributed by atoms with Crippen LogP contribution in [0.2, 0.25) is 0 Å². The number of carbonyl (C=O) groups is 1. The van der Waals surface area contributed by atoms with E-state index in [1.54, 1.807) is 7.11 Å². The SMILES string of the molecule is COc1cccc(NC(=O)C2C3CCC=CCCC32)c1. The van der Waals surface area contributed by atoms with E-state index < -0.39 is 0 Å². The van der Waals surface area contributed by atoms with Crippen LogP contribution in [0.25, 0.3) is 0 Å². The first-order valence-corrected chi connectivity index (χ1v) is 7.39. The zero-order chi connectivity index (χ0) is 13.9. The summed E-state index contributed by atoms with van der Waals surface area (Å²) in [5.41, 5.74) is 0.826. The fourth-order valence-corrected chi connectivity index (χ4v) is 3.36. The van der Waals surface area contributed by atoms with Crippen LogP contribution in [0.4, 0.5) is 5.69 Å². The molecule has 3 rings (SSSR count). The number of hydrogen-bond acceptors (Lipinski definition) is 2. The maximum atomic E-state index is 12.4. The van der Waals surface area contributed by atoms with Crippen molar-refractivity contribution in [1.82, 2.24) is 0 Å². The summed E-state index contributed by atoms with van der Waals surface area (Å²) in [7, 11) is 1.64. The van der Waals surface area contributed by atoms with Gasteiger partial charge in [0.05, 0.1) is 7.11 Å². The number of anilines is 1. The summed E-state index contributed by atoms with van der Waals surface area (Å²) in [5, 5.41) is 3.04. The van der Waals surface area contributed by atoms with Gasteiger partial charge in [-0.15, -0.1) is 0 Å². The second-order valence-corrected chi connectivity index (χ2v) is 5.70. The fraction of sp³-hybridized carbons (Fsp3) is 0.471. The number of fused-ring (bicyclic) bond motifs is 1. The first-order valence-electron chi connectivity index (χ1n) is 7.39. The number of methoxy groups -OCH3 is 1. The number of benzene rings is 1. The second-order valence-electron chi connectivity index (χ2n) is 5.70. The molecule has 0 saturated heterocycles. The van der Waals surface area contributed by atoms with Crippen LogP contribution in [0, 0.1) is 17.8 Å². The summed E-state index contributed by atoms with van der Waals surface area (Å²) in [6.45, 7) is 0. The van der Waals surface area contributed by atoms with E-state index in [1.807, 2.05) is 24.3 Å². The molecule has 3 nitrogen and oxygen atoms in total. The van der Waals surface area contributed by atoms with Gasteiger partial charge in [-0.05, 0) is 49.7 Å². The van der Waals surface area contributed by atoms with Gasteiger partial charge in [-0.3, -0.25) is 4.79 Å². The molecular weight excluding hydrogens is 250 g/mol. The lowest BCUT2D eigenvalue weighted by molar-refractivity contribution is -0.117. The van der Waals surface area contributed by atoms with Gasteiger partial charge in [0, 0.05) is 17.7 Å². The summed E-state index contributed by atoms with van der Waals surface area (Å²) >= 11 is 0. The molecular formula is C17H21NO2. The molecule has 106 valence electrons. The van der Waals surface area contributed by atoms with E-state index in [4.69, 9.17) is 4.74 Å². The van der Waals surface area contributed by atoms with Gasteiger partial charge in [-0.1, -0.05) is 18.2 Å². The molecule has 0 spiro atoms. The van der Waals surface area contributed by atoms with Crippen LogP contribution in [-0.2, 0) is 4.79 Å². The maximum Gasteiger partial charge on any atom is 0.228 e. The zero-order valence-electron chi connectivity index (χ0n) is 11.8. The van der Waals surface area contributed by atoms with Crippen LogP contribution in [0.15, 0.2) is 36.4 Å². The minimum absolute atomic E-state index is 0.176. The van der Waals surface area contributed by atoms with E-state index in [9.17, 15) is 4.79 Å². The number of ether oxygens (including phenoxy) is 1. The van der Waals surface area contributed by atoms with Crippen molar-refractivity contribution in [3.8, 4) is 5.75 Å². The number of hydrogen-bond donors (Lipinski definition) is 1. The molecule has 0 heterocycles. The Kier molecular flexibility index (Phi) is 3.77. The van der Waals surface area contributed by atoms with E-state index in [0.29, 0.717) is 11.8 Å². The van der Waals surface area contributed by atoms with Crippen molar-refractivity contribution in [2.75, 3.05) is 12.4 Å². The Labute approximate surface area is 120 Å². The largest absolute Gasteiger partial charge is 0.497 e. The number of allylic oxidation sites excluding steroid dienone is 2. The minimum atomic E-state index is 0.176. The predicted octanol–water partition coefficient (Wildman–Crippen LogP) is 3.63. The first kappa shape index (κ1) is 13.2. The molecule has 1 aromatic rings. The molecule has 2 atom stereocenters. The van der Waals surface area contributed by atoms with E-state index in [0.717, 1.165) is 37.1 Å². The zero-order valence-corrected chi connectivity index (χ0v) is 11.8. The van der Waals surface area contributed by atoms with Crippen molar-refractivity contribution in [2.45, 2.75) is 25.7 Å². The Morgan fingerprint density at radius 3 is 2.55 bits per heavy atom. The quantitative estimate of drug-likeness (QED) is 0.853. The smallest absolute Gasteiger partial charge is 0.228 e. The van der Waals surface area contributed by atoms with Gasteiger partial charge in [0.2, 0.25) is 5.91 Å².